The van der Waals surface area contributed by atoms with E-state index in [0.717, 1.165) is 43.4 Å². The number of carboxylic acids is 1. The molecule has 0 aliphatic rings. The number of aromatic nitrogens is 1. The summed E-state index contributed by atoms with van der Waals surface area (Å²) in [4.78, 5) is 27.9. The van der Waals surface area contributed by atoms with Crippen molar-refractivity contribution in [2.45, 2.75) is 25.9 Å². The number of benzene rings is 2. The van der Waals surface area contributed by atoms with Crippen molar-refractivity contribution in [2.75, 3.05) is 32.8 Å². The fourth-order valence-corrected chi connectivity index (χ4v) is 4.24. The van der Waals surface area contributed by atoms with Crippen molar-refractivity contribution in [1.82, 2.24) is 4.98 Å². The second kappa shape index (κ2) is 13.9. The number of carbonyl (C=O) groups excluding carboxylic acids is 1. The molecule has 1 atom stereocenters. The Morgan fingerprint density at radius 3 is 2.51 bits per heavy atom. The molecule has 8 nitrogen and oxygen atoms in total. The maximum Gasteiger partial charge on any atom is 0.371 e. The quantitative estimate of drug-likeness (QED) is 0.148. The second-order valence-electron chi connectivity index (χ2n) is 8.23. The Bertz CT molecular complexity index is 1340. The summed E-state index contributed by atoms with van der Waals surface area (Å²) in [5, 5.41) is 13.0. The van der Waals surface area contributed by atoms with Gasteiger partial charge in [0.05, 0.1) is 19.4 Å². The number of nitrogens with zero attached hydrogens (tertiary/aromatic N) is 1. The van der Waals surface area contributed by atoms with E-state index < -0.39 is 46.8 Å². The Kier molecular flexibility index (Phi) is 10.6. The lowest BCUT2D eigenvalue weighted by atomic mass is 10.0. The zero-order valence-electron chi connectivity index (χ0n) is 21.4. The number of unbranched alkanes of at least 4 members (excludes halogenated alkanes) is 1. The standard InChI is InChI=1S/C27H27F3N2O6S/c1-4-5-9-38-13-23(37-3)17-8-6-7-16(24(17)30)21-14-39-27(31-21)32-25(33)15-10-19(28)18(20(29)11-15)12-22(36-2)26(34)35/h6-8,10-12,14,23H,4-5,9,13H2,1-3H3,(H,34,35)(H,31,32,33)/b22-12-. The highest BCUT2D eigenvalue weighted by molar-refractivity contribution is 7.14. The van der Waals surface area contributed by atoms with Crippen LogP contribution in [-0.4, -0.2) is 49.4 Å². The molecule has 1 unspecified atom stereocenters. The summed E-state index contributed by atoms with van der Waals surface area (Å²) in [5.41, 5.74) is -0.324. The van der Waals surface area contributed by atoms with Crippen LogP contribution >= 0.6 is 11.3 Å². The number of aliphatic carboxylic acids is 1. The average Bonchev–Trinajstić information content (AvgIpc) is 3.36. The number of hydrogen-bond acceptors (Lipinski definition) is 7. The zero-order valence-corrected chi connectivity index (χ0v) is 22.2. The van der Waals surface area contributed by atoms with Crippen molar-refractivity contribution in [1.29, 1.82) is 0 Å². The Hall–Kier alpha value is -3.74. The van der Waals surface area contributed by atoms with Crippen LogP contribution in [0.5, 0.6) is 0 Å². The number of methoxy groups -OCH3 is 2. The third-order valence-electron chi connectivity index (χ3n) is 5.62. The fourth-order valence-electron chi connectivity index (χ4n) is 3.53. The van der Waals surface area contributed by atoms with Gasteiger partial charge in [0.25, 0.3) is 5.91 Å². The predicted molar refractivity (Wildman–Crippen MR) is 140 cm³/mol. The largest absolute Gasteiger partial charge is 0.490 e. The molecule has 1 amide bonds. The van der Waals surface area contributed by atoms with Crippen molar-refractivity contribution in [3.05, 3.63) is 75.6 Å². The summed E-state index contributed by atoms with van der Waals surface area (Å²) < 4.78 is 60.0. The molecule has 2 N–H and O–H groups in total. The van der Waals surface area contributed by atoms with Gasteiger partial charge < -0.3 is 19.3 Å². The Balaban J connectivity index is 1.79. The number of thiazole rings is 1. The molecule has 0 spiro atoms. The highest BCUT2D eigenvalue weighted by Gasteiger charge is 2.21. The number of nitrogens with one attached hydrogen (secondary N) is 1. The van der Waals surface area contributed by atoms with E-state index in [1.54, 1.807) is 12.1 Å². The molecule has 2 aromatic carbocycles. The molecule has 1 heterocycles. The first-order valence-corrected chi connectivity index (χ1v) is 12.7. The van der Waals surface area contributed by atoms with Crippen LogP contribution in [0.3, 0.4) is 0 Å². The number of anilines is 1. The molecule has 0 aliphatic heterocycles. The zero-order chi connectivity index (χ0) is 28.5. The molecule has 3 aromatic rings. The number of hydrogen-bond donors (Lipinski definition) is 2. The normalized spacial score (nSPS) is 12.3. The van der Waals surface area contributed by atoms with Crippen molar-refractivity contribution in [2.24, 2.45) is 0 Å². The van der Waals surface area contributed by atoms with E-state index in [2.05, 4.69) is 15.0 Å². The van der Waals surface area contributed by atoms with E-state index in [-0.39, 0.29) is 28.6 Å². The van der Waals surface area contributed by atoms with Gasteiger partial charge in [-0.25, -0.2) is 22.9 Å². The number of rotatable bonds is 13. The predicted octanol–water partition coefficient (Wildman–Crippen LogP) is 6.06. The van der Waals surface area contributed by atoms with E-state index in [9.17, 15) is 18.4 Å². The number of carboxylic acid groups (broad SMARTS) is 1. The Labute approximate surface area is 227 Å². The molecule has 0 bridgehead atoms. The molecule has 208 valence electrons. The molecule has 0 aliphatic carbocycles. The van der Waals surface area contributed by atoms with Gasteiger partial charge in [0.1, 0.15) is 23.6 Å². The summed E-state index contributed by atoms with van der Waals surface area (Å²) in [6.07, 6.45) is 1.90. The minimum absolute atomic E-state index is 0.0725. The maximum absolute atomic E-state index is 15.4. The summed E-state index contributed by atoms with van der Waals surface area (Å²) in [6, 6.07) is 6.30. The van der Waals surface area contributed by atoms with E-state index in [4.69, 9.17) is 14.6 Å². The summed E-state index contributed by atoms with van der Waals surface area (Å²) in [6.45, 7) is 2.76. The molecule has 0 saturated heterocycles. The van der Waals surface area contributed by atoms with Crippen LogP contribution in [0.25, 0.3) is 17.3 Å². The number of amides is 1. The fraction of sp³-hybridized carbons (Fsp3) is 0.296. The molecule has 0 saturated carbocycles. The molecule has 0 fully saturated rings. The van der Waals surface area contributed by atoms with Crippen molar-refractivity contribution in [3.63, 3.8) is 0 Å². The average molecular weight is 565 g/mol. The van der Waals surface area contributed by atoms with Gasteiger partial charge >= 0.3 is 5.97 Å². The van der Waals surface area contributed by atoms with Crippen LogP contribution in [-0.2, 0) is 19.0 Å². The lowest BCUT2D eigenvalue weighted by Crippen LogP contribution is -2.13. The van der Waals surface area contributed by atoms with Gasteiger partial charge in [-0.15, -0.1) is 11.3 Å². The highest BCUT2D eigenvalue weighted by atomic mass is 32.1. The van der Waals surface area contributed by atoms with E-state index in [0.29, 0.717) is 18.2 Å². The van der Waals surface area contributed by atoms with Crippen LogP contribution in [0, 0.1) is 17.5 Å². The van der Waals surface area contributed by atoms with Crippen molar-refractivity contribution >= 4 is 34.4 Å². The monoisotopic (exact) mass is 564 g/mol. The number of ether oxygens (including phenoxy) is 3. The molecule has 0 radical (unpaired) electrons. The Morgan fingerprint density at radius 2 is 1.90 bits per heavy atom. The summed E-state index contributed by atoms with van der Waals surface area (Å²) >= 11 is 0.997. The molecule has 1 aromatic heterocycles. The van der Waals surface area contributed by atoms with E-state index in [1.165, 1.54) is 18.6 Å². The number of carbonyl (C=O) groups is 2. The third-order valence-corrected chi connectivity index (χ3v) is 6.38. The van der Waals surface area contributed by atoms with Crippen LogP contribution in [0.2, 0.25) is 0 Å². The van der Waals surface area contributed by atoms with Crippen LogP contribution in [0.15, 0.2) is 41.5 Å². The summed E-state index contributed by atoms with van der Waals surface area (Å²) in [7, 11) is 2.51. The van der Waals surface area contributed by atoms with Crippen LogP contribution < -0.4 is 5.32 Å². The van der Waals surface area contributed by atoms with Gasteiger partial charge in [0.2, 0.25) is 5.76 Å². The molecule has 3 rings (SSSR count). The van der Waals surface area contributed by atoms with Gasteiger partial charge in [0.15, 0.2) is 5.13 Å². The molecular formula is C27H27F3N2O6S. The lowest BCUT2D eigenvalue weighted by Gasteiger charge is -2.17. The minimum atomic E-state index is -1.52. The van der Waals surface area contributed by atoms with Gasteiger partial charge in [-0.2, -0.15) is 0 Å². The third kappa shape index (κ3) is 7.43. The lowest BCUT2D eigenvalue weighted by molar-refractivity contribution is -0.135. The van der Waals surface area contributed by atoms with E-state index >= 15 is 4.39 Å². The summed E-state index contributed by atoms with van der Waals surface area (Å²) in [5.74, 6) is -5.94. The van der Waals surface area contributed by atoms with Gasteiger partial charge in [-0.3, -0.25) is 10.1 Å². The van der Waals surface area contributed by atoms with E-state index in [1.807, 2.05) is 6.92 Å². The van der Waals surface area contributed by atoms with Crippen molar-refractivity contribution in [3.8, 4) is 11.3 Å². The first kappa shape index (κ1) is 29.8. The minimum Gasteiger partial charge on any atom is -0.490 e. The number of halogens is 3. The first-order chi connectivity index (χ1) is 18.7. The smallest absolute Gasteiger partial charge is 0.371 e. The molecular weight excluding hydrogens is 537 g/mol. The first-order valence-electron chi connectivity index (χ1n) is 11.8. The highest BCUT2D eigenvalue weighted by Crippen LogP contribution is 2.32. The van der Waals surface area contributed by atoms with Crippen LogP contribution in [0.1, 0.15) is 47.4 Å². The van der Waals surface area contributed by atoms with Crippen molar-refractivity contribution < 1.29 is 42.1 Å². The van der Waals surface area contributed by atoms with Gasteiger partial charge in [-0.1, -0.05) is 25.5 Å². The SMILES string of the molecule is CCCCOCC(OC)c1cccc(-c2csc(NC(=O)c3cc(F)c(/C=C(\OC)C(=O)O)c(F)c3)n2)c1F. The van der Waals surface area contributed by atoms with Gasteiger partial charge in [0, 0.05) is 47.4 Å². The maximum atomic E-state index is 15.4. The Morgan fingerprint density at radius 1 is 1.18 bits per heavy atom. The molecule has 12 heteroatoms. The topological polar surface area (TPSA) is 107 Å². The van der Waals surface area contributed by atoms with Crippen LogP contribution in [0.4, 0.5) is 18.3 Å². The molecule has 39 heavy (non-hydrogen) atoms. The second-order valence-corrected chi connectivity index (χ2v) is 9.08. The van der Waals surface area contributed by atoms with Gasteiger partial charge in [-0.05, 0) is 24.6 Å².